The second kappa shape index (κ2) is 6.78. The zero-order valence-electron chi connectivity index (χ0n) is 14.7. The summed E-state index contributed by atoms with van der Waals surface area (Å²) in [6, 6.07) is -0.601. The number of allylic oxidation sites excluding steroid dienone is 2. The quantitative estimate of drug-likeness (QED) is 0.554. The summed E-state index contributed by atoms with van der Waals surface area (Å²) in [5.74, 6) is 0.538. The Balaban J connectivity index is 1.58. The van der Waals surface area contributed by atoms with E-state index >= 15 is 0 Å². The number of piperidine rings is 1. The lowest BCUT2D eigenvalue weighted by Crippen LogP contribution is -2.53. The molecular formula is C19H26N2O3S. The first kappa shape index (κ1) is 17.1. The first-order valence-electron chi connectivity index (χ1n) is 9.46. The highest BCUT2D eigenvalue weighted by Gasteiger charge is 2.61. The van der Waals surface area contributed by atoms with Crippen molar-refractivity contribution in [1.29, 1.82) is 0 Å². The zero-order valence-corrected chi connectivity index (χ0v) is 15.5. The highest BCUT2D eigenvalue weighted by atomic mass is 32.2. The summed E-state index contributed by atoms with van der Waals surface area (Å²) >= 11 is 1.66. The molecule has 0 radical (unpaired) electrons. The Morgan fingerprint density at radius 3 is 2.28 bits per heavy atom. The third kappa shape index (κ3) is 2.73. The van der Waals surface area contributed by atoms with E-state index in [9.17, 15) is 14.4 Å². The standard InChI is InChI=1S/C19H26N2O3S/c1-25-10-7-14(17(22)20-8-3-2-4-9-20)21-18(23)15-12-5-6-13(11-12)16(15)19(21)24/h5-6,12-16H,2-4,7-11H2,1H3. The molecule has 2 aliphatic carbocycles. The van der Waals surface area contributed by atoms with Gasteiger partial charge < -0.3 is 4.90 Å². The topological polar surface area (TPSA) is 57.7 Å². The highest BCUT2D eigenvalue weighted by molar-refractivity contribution is 7.98. The second-order valence-electron chi connectivity index (χ2n) is 7.73. The molecule has 5 atom stereocenters. The summed E-state index contributed by atoms with van der Waals surface area (Å²) in [6.45, 7) is 1.51. The minimum Gasteiger partial charge on any atom is -0.341 e. The number of rotatable bonds is 5. The third-order valence-corrected chi connectivity index (χ3v) is 7.01. The van der Waals surface area contributed by atoms with Crippen LogP contribution < -0.4 is 0 Å². The number of nitrogens with zero attached hydrogens (tertiary/aromatic N) is 2. The zero-order chi connectivity index (χ0) is 17.6. The maximum absolute atomic E-state index is 13.1. The van der Waals surface area contributed by atoms with E-state index in [1.54, 1.807) is 11.8 Å². The number of thioether (sulfide) groups is 1. The Morgan fingerprint density at radius 2 is 1.72 bits per heavy atom. The van der Waals surface area contributed by atoms with E-state index < -0.39 is 6.04 Å². The van der Waals surface area contributed by atoms with E-state index in [1.165, 1.54) is 4.90 Å². The molecule has 2 saturated heterocycles. The molecule has 0 aromatic rings. The number of amides is 3. The van der Waals surface area contributed by atoms with Crippen molar-refractivity contribution in [2.75, 3.05) is 25.1 Å². The lowest BCUT2D eigenvalue weighted by molar-refractivity contribution is -0.152. The number of likely N-dealkylation sites (tertiary alicyclic amines) is 2. The minimum atomic E-state index is -0.601. The Bertz CT molecular complexity index is 584. The molecule has 5 unspecified atom stereocenters. The van der Waals surface area contributed by atoms with Gasteiger partial charge in [0.2, 0.25) is 17.7 Å². The molecule has 6 heteroatoms. The van der Waals surface area contributed by atoms with E-state index in [4.69, 9.17) is 0 Å². The summed E-state index contributed by atoms with van der Waals surface area (Å²) in [6.07, 6.45) is 10.9. The second-order valence-corrected chi connectivity index (χ2v) is 8.72. The van der Waals surface area contributed by atoms with Gasteiger partial charge in [0.1, 0.15) is 6.04 Å². The Morgan fingerprint density at radius 1 is 1.12 bits per heavy atom. The monoisotopic (exact) mass is 362 g/mol. The molecule has 0 aromatic heterocycles. The van der Waals surface area contributed by atoms with Crippen molar-refractivity contribution < 1.29 is 14.4 Å². The number of hydrogen-bond acceptors (Lipinski definition) is 4. The number of hydrogen-bond donors (Lipinski definition) is 0. The van der Waals surface area contributed by atoms with Crippen molar-refractivity contribution >= 4 is 29.5 Å². The van der Waals surface area contributed by atoms with Crippen LogP contribution in [-0.4, -0.2) is 58.7 Å². The maximum atomic E-state index is 13.1. The van der Waals surface area contributed by atoms with E-state index in [0.29, 0.717) is 6.42 Å². The Hall–Kier alpha value is -1.30. The van der Waals surface area contributed by atoms with Crippen LogP contribution in [0.4, 0.5) is 0 Å². The molecule has 0 N–H and O–H groups in total. The molecule has 4 rings (SSSR count). The molecule has 2 heterocycles. The smallest absolute Gasteiger partial charge is 0.245 e. The molecule has 2 aliphatic heterocycles. The first-order chi connectivity index (χ1) is 12.1. The highest BCUT2D eigenvalue weighted by Crippen LogP contribution is 2.53. The van der Waals surface area contributed by atoms with Crippen LogP contribution in [0.15, 0.2) is 12.2 Å². The Kier molecular flexibility index (Phi) is 4.65. The third-order valence-electron chi connectivity index (χ3n) is 6.36. The average Bonchev–Trinajstić information content (AvgIpc) is 3.31. The molecule has 25 heavy (non-hydrogen) atoms. The van der Waals surface area contributed by atoms with Crippen molar-refractivity contribution in [3.05, 3.63) is 12.2 Å². The minimum absolute atomic E-state index is 0.0178. The summed E-state index contributed by atoms with van der Waals surface area (Å²) in [7, 11) is 0. The van der Waals surface area contributed by atoms with Crippen molar-refractivity contribution in [2.45, 2.75) is 38.1 Å². The van der Waals surface area contributed by atoms with Crippen LogP contribution in [0.5, 0.6) is 0 Å². The summed E-state index contributed by atoms with van der Waals surface area (Å²) in [5.41, 5.74) is 0. The molecule has 3 fully saturated rings. The van der Waals surface area contributed by atoms with Crippen molar-refractivity contribution in [3.8, 4) is 0 Å². The normalized spacial score (nSPS) is 34.8. The van der Waals surface area contributed by atoms with Crippen LogP contribution in [0.25, 0.3) is 0 Å². The van der Waals surface area contributed by atoms with Crippen LogP contribution in [0.2, 0.25) is 0 Å². The van der Waals surface area contributed by atoms with Crippen LogP contribution in [-0.2, 0) is 14.4 Å². The van der Waals surface area contributed by atoms with Gasteiger partial charge in [0.25, 0.3) is 0 Å². The van der Waals surface area contributed by atoms with E-state index in [1.807, 2.05) is 11.2 Å². The van der Waals surface area contributed by atoms with Crippen LogP contribution in [0, 0.1) is 23.7 Å². The molecular weight excluding hydrogens is 336 g/mol. The van der Waals surface area contributed by atoms with E-state index in [0.717, 1.165) is 44.5 Å². The fourth-order valence-electron chi connectivity index (χ4n) is 5.15. The number of fused-ring (bicyclic) bond motifs is 5. The summed E-state index contributed by atoms with van der Waals surface area (Å²) in [5, 5.41) is 0. The van der Waals surface area contributed by atoms with Crippen molar-refractivity contribution in [2.24, 2.45) is 23.7 Å². The van der Waals surface area contributed by atoms with Gasteiger partial charge in [-0.3, -0.25) is 19.3 Å². The summed E-state index contributed by atoms with van der Waals surface area (Å²) in [4.78, 5) is 42.5. The van der Waals surface area contributed by atoms with Gasteiger partial charge >= 0.3 is 0 Å². The predicted octanol–water partition coefficient (Wildman–Crippen LogP) is 1.93. The number of carbonyl (C=O) groups is 3. The molecule has 2 bridgehead atoms. The van der Waals surface area contributed by atoms with Crippen molar-refractivity contribution in [3.63, 3.8) is 0 Å². The van der Waals surface area contributed by atoms with Gasteiger partial charge in [-0.15, -0.1) is 0 Å². The number of imide groups is 1. The first-order valence-corrected chi connectivity index (χ1v) is 10.9. The lowest BCUT2D eigenvalue weighted by Gasteiger charge is -2.34. The van der Waals surface area contributed by atoms with Gasteiger partial charge in [0, 0.05) is 13.1 Å². The van der Waals surface area contributed by atoms with Crippen LogP contribution in [0.3, 0.4) is 0 Å². The van der Waals surface area contributed by atoms with Gasteiger partial charge in [0.15, 0.2) is 0 Å². The van der Waals surface area contributed by atoms with Crippen LogP contribution >= 0.6 is 11.8 Å². The molecule has 0 spiro atoms. The average molecular weight is 362 g/mol. The maximum Gasteiger partial charge on any atom is 0.245 e. The van der Waals surface area contributed by atoms with E-state index in [-0.39, 0.29) is 41.4 Å². The van der Waals surface area contributed by atoms with Crippen LogP contribution in [0.1, 0.15) is 32.1 Å². The molecule has 0 aromatic carbocycles. The van der Waals surface area contributed by atoms with Crippen molar-refractivity contribution in [1.82, 2.24) is 9.80 Å². The van der Waals surface area contributed by atoms with Gasteiger partial charge in [-0.25, -0.2) is 0 Å². The SMILES string of the molecule is CSCCC(C(=O)N1CCCCC1)N1C(=O)C2C3C=CC(C3)C2C1=O. The fraction of sp³-hybridized carbons (Fsp3) is 0.737. The molecule has 4 aliphatic rings. The lowest BCUT2D eigenvalue weighted by atomic mass is 9.85. The largest absolute Gasteiger partial charge is 0.341 e. The molecule has 3 amide bonds. The van der Waals surface area contributed by atoms with Gasteiger partial charge in [0.05, 0.1) is 11.8 Å². The molecule has 5 nitrogen and oxygen atoms in total. The predicted molar refractivity (Wildman–Crippen MR) is 96.8 cm³/mol. The Labute approximate surface area is 153 Å². The molecule has 1 saturated carbocycles. The summed E-state index contributed by atoms with van der Waals surface area (Å²) < 4.78 is 0. The van der Waals surface area contributed by atoms with Gasteiger partial charge in [-0.05, 0) is 55.9 Å². The number of carbonyl (C=O) groups excluding carboxylic acids is 3. The van der Waals surface area contributed by atoms with E-state index in [2.05, 4.69) is 12.2 Å². The van der Waals surface area contributed by atoms with Gasteiger partial charge in [-0.2, -0.15) is 11.8 Å². The van der Waals surface area contributed by atoms with Gasteiger partial charge in [-0.1, -0.05) is 12.2 Å². The fourth-order valence-corrected chi connectivity index (χ4v) is 5.61. The molecule has 136 valence electrons.